The Morgan fingerprint density at radius 3 is 2.61 bits per heavy atom. The molecule has 4 rings (SSSR count). The number of fused-ring (bicyclic) bond motifs is 1. The number of nitrogens with two attached hydrogens (primary N) is 1. The maximum absolute atomic E-state index is 14.2. The summed E-state index contributed by atoms with van der Waals surface area (Å²) >= 11 is 0. The van der Waals surface area contributed by atoms with Crippen molar-refractivity contribution in [1.29, 1.82) is 5.26 Å². The van der Waals surface area contributed by atoms with E-state index in [1.165, 1.54) is 6.07 Å². The molecule has 0 aliphatic carbocycles. The number of rotatable bonds is 10. The molecule has 0 spiro atoms. The average Bonchev–Trinajstić information content (AvgIpc) is 3.19. The van der Waals surface area contributed by atoms with Crippen LogP contribution < -0.4 is 5.73 Å². The molecule has 0 saturated heterocycles. The number of unbranched alkanes of at least 4 members (excludes halogenated alkanes) is 5. The van der Waals surface area contributed by atoms with E-state index in [9.17, 15) is 4.39 Å². The van der Waals surface area contributed by atoms with Gasteiger partial charge in [-0.2, -0.15) is 10.4 Å². The second kappa shape index (κ2) is 10.6. The number of hydrogen-bond donors (Lipinski definition) is 1. The molecule has 0 amide bonds. The lowest BCUT2D eigenvalue weighted by Gasteiger charge is -2.06. The SMILES string of the molecule is N#CCCCCCCCc1cnc(-c2nn(Cc3ccccc3F)c3ncccc23)nc1N. The summed E-state index contributed by atoms with van der Waals surface area (Å²) in [5.74, 6) is 0.594. The lowest BCUT2D eigenvalue weighted by molar-refractivity contribution is 0.589. The summed E-state index contributed by atoms with van der Waals surface area (Å²) in [7, 11) is 0. The van der Waals surface area contributed by atoms with Crippen LogP contribution in [-0.4, -0.2) is 24.7 Å². The Morgan fingerprint density at radius 1 is 0.970 bits per heavy atom. The van der Waals surface area contributed by atoms with Gasteiger partial charge in [0, 0.05) is 29.9 Å². The fourth-order valence-corrected chi connectivity index (χ4v) is 3.85. The van der Waals surface area contributed by atoms with E-state index in [2.05, 4.69) is 26.1 Å². The summed E-state index contributed by atoms with van der Waals surface area (Å²) in [6.45, 7) is 0.252. The third-order valence-corrected chi connectivity index (χ3v) is 5.63. The lowest BCUT2D eigenvalue weighted by Crippen LogP contribution is -2.05. The highest BCUT2D eigenvalue weighted by Gasteiger charge is 2.17. The summed E-state index contributed by atoms with van der Waals surface area (Å²) in [6, 6.07) is 12.5. The van der Waals surface area contributed by atoms with Crippen LogP contribution in [0, 0.1) is 17.1 Å². The molecule has 1 aromatic carbocycles. The van der Waals surface area contributed by atoms with Crippen molar-refractivity contribution >= 4 is 16.9 Å². The maximum Gasteiger partial charge on any atom is 0.182 e. The highest BCUT2D eigenvalue weighted by Crippen LogP contribution is 2.26. The highest BCUT2D eigenvalue weighted by molar-refractivity contribution is 5.89. The zero-order valence-corrected chi connectivity index (χ0v) is 18.4. The van der Waals surface area contributed by atoms with E-state index in [0.717, 1.165) is 49.5 Å². The lowest BCUT2D eigenvalue weighted by atomic mass is 10.1. The molecular weight excluding hydrogens is 417 g/mol. The van der Waals surface area contributed by atoms with Gasteiger partial charge >= 0.3 is 0 Å². The minimum Gasteiger partial charge on any atom is -0.383 e. The van der Waals surface area contributed by atoms with Gasteiger partial charge in [-0.15, -0.1) is 0 Å². The van der Waals surface area contributed by atoms with Crippen molar-refractivity contribution in [2.75, 3.05) is 5.73 Å². The minimum atomic E-state index is -0.284. The third-order valence-electron chi connectivity index (χ3n) is 5.63. The van der Waals surface area contributed by atoms with Crippen LogP contribution in [0.5, 0.6) is 0 Å². The molecule has 0 aliphatic rings. The first-order chi connectivity index (χ1) is 16.2. The van der Waals surface area contributed by atoms with Crippen LogP contribution in [0.1, 0.15) is 49.7 Å². The Bertz CT molecular complexity index is 1280. The number of halogens is 1. The number of benzene rings is 1. The van der Waals surface area contributed by atoms with Crippen molar-refractivity contribution in [2.45, 2.75) is 51.5 Å². The quantitative estimate of drug-likeness (QED) is 0.343. The van der Waals surface area contributed by atoms with Crippen molar-refractivity contribution in [3.63, 3.8) is 0 Å². The molecule has 0 atom stereocenters. The molecule has 2 N–H and O–H groups in total. The van der Waals surface area contributed by atoms with E-state index in [0.29, 0.717) is 35.0 Å². The van der Waals surface area contributed by atoms with E-state index < -0.39 is 0 Å². The van der Waals surface area contributed by atoms with Crippen molar-refractivity contribution in [1.82, 2.24) is 24.7 Å². The van der Waals surface area contributed by atoms with Gasteiger partial charge in [-0.05, 0) is 37.5 Å². The number of nitriles is 1. The van der Waals surface area contributed by atoms with E-state index in [4.69, 9.17) is 11.0 Å². The molecule has 0 radical (unpaired) electrons. The summed E-state index contributed by atoms with van der Waals surface area (Å²) in [6.07, 6.45) is 10.1. The van der Waals surface area contributed by atoms with E-state index >= 15 is 0 Å². The average molecular weight is 444 g/mol. The van der Waals surface area contributed by atoms with Gasteiger partial charge in [-0.1, -0.05) is 37.5 Å². The Labute approximate surface area is 192 Å². The van der Waals surface area contributed by atoms with Crippen LogP contribution in [0.2, 0.25) is 0 Å². The summed E-state index contributed by atoms with van der Waals surface area (Å²) < 4.78 is 15.9. The maximum atomic E-state index is 14.2. The standard InChI is InChI=1S/C25H26FN7/c26-21-13-7-6-11-19(21)17-33-25-20(12-9-15-29-25)22(32-33)24-30-16-18(23(28)31-24)10-5-3-1-2-4-8-14-27/h6-7,9,11-13,15-16H,1-5,8,10,17H2,(H2,28,30,31). The van der Waals surface area contributed by atoms with Crippen molar-refractivity contribution in [3.8, 4) is 17.6 Å². The van der Waals surface area contributed by atoms with Crippen LogP contribution >= 0.6 is 0 Å². The third kappa shape index (κ3) is 5.32. The second-order valence-electron chi connectivity index (χ2n) is 8.00. The number of pyridine rings is 1. The Kier molecular flexibility index (Phi) is 7.20. The molecule has 0 saturated carbocycles. The molecule has 3 aromatic heterocycles. The number of aryl methyl sites for hydroxylation is 1. The second-order valence-corrected chi connectivity index (χ2v) is 8.00. The summed E-state index contributed by atoms with van der Waals surface area (Å²) in [5, 5.41) is 14.0. The first kappa shape index (κ1) is 22.3. The molecule has 168 valence electrons. The molecule has 0 fully saturated rings. The van der Waals surface area contributed by atoms with Crippen LogP contribution in [0.25, 0.3) is 22.6 Å². The van der Waals surface area contributed by atoms with Gasteiger partial charge in [-0.25, -0.2) is 24.0 Å². The van der Waals surface area contributed by atoms with E-state index in [1.54, 1.807) is 35.3 Å². The molecule has 0 bridgehead atoms. The smallest absolute Gasteiger partial charge is 0.182 e. The van der Waals surface area contributed by atoms with Crippen LogP contribution in [0.15, 0.2) is 48.8 Å². The molecule has 3 heterocycles. The summed E-state index contributed by atoms with van der Waals surface area (Å²) in [4.78, 5) is 13.5. The fraction of sp³-hybridized carbons (Fsp3) is 0.320. The Hall–Kier alpha value is -3.86. The Balaban J connectivity index is 1.51. The largest absolute Gasteiger partial charge is 0.383 e. The van der Waals surface area contributed by atoms with Gasteiger partial charge in [0.1, 0.15) is 17.3 Å². The highest BCUT2D eigenvalue weighted by atomic mass is 19.1. The first-order valence-corrected chi connectivity index (χ1v) is 11.2. The molecule has 0 unspecified atom stereocenters. The number of anilines is 1. The number of aromatic nitrogens is 5. The minimum absolute atomic E-state index is 0.252. The molecule has 4 aromatic rings. The zero-order chi connectivity index (χ0) is 23.0. The number of nitrogen functional groups attached to an aromatic ring is 1. The predicted octanol–water partition coefficient (Wildman–Crippen LogP) is 5.06. The predicted molar refractivity (Wildman–Crippen MR) is 125 cm³/mol. The van der Waals surface area contributed by atoms with Gasteiger partial charge in [0.05, 0.1) is 18.0 Å². The number of nitrogens with zero attached hydrogens (tertiary/aromatic N) is 6. The summed E-state index contributed by atoms with van der Waals surface area (Å²) in [5.41, 5.74) is 8.91. The van der Waals surface area contributed by atoms with Crippen molar-refractivity contribution in [2.24, 2.45) is 0 Å². The van der Waals surface area contributed by atoms with Gasteiger partial charge in [0.2, 0.25) is 0 Å². The van der Waals surface area contributed by atoms with Gasteiger partial charge < -0.3 is 5.73 Å². The van der Waals surface area contributed by atoms with Gasteiger partial charge in [0.25, 0.3) is 0 Å². The van der Waals surface area contributed by atoms with E-state index in [-0.39, 0.29) is 12.4 Å². The normalized spacial score (nSPS) is 11.0. The molecule has 0 aliphatic heterocycles. The molecular formula is C25H26FN7. The fourth-order valence-electron chi connectivity index (χ4n) is 3.85. The van der Waals surface area contributed by atoms with Gasteiger partial charge in [0.15, 0.2) is 11.5 Å². The molecule has 8 heteroatoms. The number of hydrogen-bond acceptors (Lipinski definition) is 6. The topological polar surface area (TPSA) is 106 Å². The van der Waals surface area contributed by atoms with Crippen LogP contribution in [0.4, 0.5) is 10.2 Å². The molecule has 33 heavy (non-hydrogen) atoms. The van der Waals surface area contributed by atoms with Crippen LogP contribution in [0.3, 0.4) is 0 Å². The molecule has 7 nitrogen and oxygen atoms in total. The Morgan fingerprint density at radius 2 is 1.79 bits per heavy atom. The monoisotopic (exact) mass is 443 g/mol. The van der Waals surface area contributed by atoms with Crippen molar-refractivity contribution in [3.05, 3.63) is 65.7 Å². The zero-order valence-electron chi connectivity index (χ0n) is 18.4. The van der Waals surface area contributed by atoms with E-state index in [1.807, 2.05) is 12.1 Å². The van der Waals surface area contributed by atoms with Gasteiger partial charge in [-0.3, -0.25) is 0 Å². The van der Waals surface area contributed by atoms with Crippen molar-refractivity contribution < 1.29 is 4.39 Å². The van der Waals surface area contributed by atoms with Crippen LogP contribution in [-0.2, 0) is 13.0 Å². The first-order valence-electron chi connectivity index (χ1n) is 11.2.